The van der Waals surface area contributed by atoms with E-state index in [1.807, 2.05) is 56.3 Å². The van der Waals surface area contributed by atoms with Crippen LogP contribution in [-0.4, -0.2) is 29.6 Å². The molecule has 1 atom stereocenters. The van der Waals surface area contributed by atoms with Gasteiger partial charge in [-0.3, -0.25) is 4.79 Å². The highest BCUT2D eigenvalue weighted by Crippen LogP contribution is 2.37. The molecule has 39 heavy (non-hydrogen) atoms. The maximum atomic E-state index is 13.3. The number of nitrogens with zero attached hydrogens (tertiary/aromatic N) is 3. The van der Waals surface area contributed by atoms with Crippen LogP contribution in [0.1, 0.15) is 40.9 Å². The topological polar surface area (TPSA) is 76.6 Å². The largest absolute Gasteiger partial charge is 0.497 e. The van der Waals surface area contributed by atoms with E-state index in [9.17, 15) is 9.18 Å². The van der Waals surface area contributed by atoms with Crippen molar-refractivity contribution in [1.82, 2.24) is 9.97 Å². The third kappa shape index (κ3) is 5.85. The number of carbonyl (C=O) groups is 1. The summed E-state index contributed by atoms with van der Waals surface area (Å²) >= 11 is 0. The number of halogens is 1. The van der Waals surface area contributed by atoms with Crippen LogP contribution in [0.5, 0.6) is 11.5 Å². The fraction of sp³-hybridized carbons (Fsp3) is 0.258. The minimum atomic E-state index is -0.331. The van der Waals surface area contributed by atoms with Crippen LogP contribution in [0.3, 0.4) is 0 Å². The summed E-state index contributed by atoms with van der Waals surface area (Å²) in [7, 11) is 1.60. The first-order chi connectivity index (χ1) is 18.8. The number of ether oxygens (including phenoxy) is 2. The van der Waals surface area contributed by atoms with Gasteiger partial charge < -0.3 is 19.7 Å². The molecular formula is C31H31FN4O3. The predicted molar refractivity (Wildman–Crippen MR) is 149 cm³/mol. The number of aromatic nitrogens is 2. The molecule has 1 aromatic heterocycles. The monoisotopic (exact) mass is 526 g/mol. The number of nitrogens with one attached hydrogen (secondary N) is 1. The summed E-state index contributed by atoms with van der Waals surface area (Å²) in [5.74, 6) is 1.89. The smallest absolute Gasteiger partial charge is 0.315 e. The van der Waals surface area contributed by atoms with Crippen molar-refractivity contribution in [2.45, 2.75) is 39.7 Å². The lowest BCUT2D eigenvalue weighted by molar-refractivity contribution is -0.133. The average molecular weight is 527 g/mol. The highest BCUT2D eigenvalue weighted by molar-refractivity contribution is 5.75. The Bertz CT molecular complexity index is 1510. The Morgan fingerprint density at radius 1 is 1.05 bits per heavy atom. The van der Waals surface area contributed by atoms with Crippen molar-refractivity contribution in [3.8, 4) is 11.5 Å². The number of hydrogen-bond acceptors (Lipinski definition) is 7. The van der Waals surface area contributed by atoms with Gasteiger partial charge in [-0.1, -0.05) is 18.2 Å². The van der Waals surface area contributed by atoms with Gasteiger partial charge in [-0.05, 0) is 92.4 Å². The fourth-order valence-corrected chi connectivity index (χ4v) is 4.87. The molecule has 3 aromatic carbocycles. The van der Waals surface area contributed by atoms with Crippen molar-refractivity contribution in [2.24, 2.45) is 0 Å². The van der Waals surface area contributed by atoms with E-state index in [1.54, 1.807) is 19.2 Å². The van der Waals surface area contributed by atoms with Gasteiger partial charge in [0.1, 0.15) is 23.1 Å². The number of carbonyl (C=O) groups excluding carboxylic acids is 1. The van der Waals surface area contributed by atoms with E-state index in [1.165, 1.54) is 17.7 Å². The fourth-order valence-electron chi connectivity index (χ4n) is 4.87. The summed E-state index contributed by atoms with van der Waals surface area (Å²) in [5, 5.41) is 3.19. The van der Waals surface area contributed by atoms with Crippen molar-refractivity contribution in [3.63, 3.8) is 0 Å². The first-order valence-corrected chi connectivity index (χ1v) is 12.9. The van der Waals surface area contributed by atoms with Crippen molar-refractivity contribution in [3.05, 3.63) is 100 Å². The maximum absolute atomic E-state index is 13.3. The van der Waals surface area contributed by atoms with E-state index in [0.29, 0.717) is 23.1 Å². The Kier molecular flexibility index (Phi) is 7.45. The van der Waals surface area contributed by atoms with Crippen LogP contribution in [0.2, 0.25) is 0 Å². The molecule has 1 N–H and O–H groups in total. The SMILES string of the molecule is COc1cccc(CC(=O)Oc2ccc3c(c2)C(C)N(c2nc(Nc4ccc(F)cc4)nc(C)c2C)CC3)c1. The summed E-state index contributed by atoms with van der Waals surface area (Å²) in [6.07, 6.45) is 0.986. The second kappa shape index (κ2) is 11.1. The molecular weight excluding hydrogens is 495 g/mol. The molecule has 0 saturated heterocycles. The molecule has 1 aliphatic rings. The van der Waals surface area contributed by atoms with Crippen molar-refractivity contribution in [2.75, 3.05) is 23.9 Å². The average Bonchev–Trinajstić information content (AvgIpc) is 2.92. The summed E-state index contributed by atoms with van der Waals surface area (Å²) in [4.78, 5) is 24.4. The van der Waals surface area contributed by atoms with Crippen LogP contribution >= 0.6 is 0 Å². The Labute approximate surface area is 227 Å². The third-order valence-corrected chi connectivity index (χ3v) is 7.11. The Hall–Kier alpha value is -4.46. The van der Waals surface area contributed by atoms with Gasteiger partial charge in [0, 0.05) is 23.5 Å². The zero-order chi connectivity index (χ0) is 27.5. The number of esters is 1. The molecule has 5 rings (SSSR count). The Morgan fingerprint density at radius 2 is 1.85 bits per heavy atom. The van der Waals surface area contributed by atoms with E-state index in [2.05, 4.69) is 22.1 Å². The van der Waals surface area contributed by atoms with Crippen LogP contribution in [-0.2, 0) is 17.6 Å². The van der Waals surface area contributed by atoms with Crippen molar-refractivity contribution >= 4 is 23.4 Å². The second-order valence-electron chi connectivity index (χ2n) is 9.70. The van der Waals surface area contributed by atoms with E-state index >= 15 is 0 Å². The lowest BCUT2D eigenvalue weighted by atomic mass is 9.93. The zero-order valence-corrected chi connectivity index (χ0v) is 22.5. The number of benzene rings is 3. The molecule has 4 aromatic rings. The van der Waals surface area contributed by atoms with Gasteiger partial charge in [0.05, 0.1) is 19.6 Å². The zero-order valence-electron chi connectivity index (χ0n) is 22.5. The molecule has 0 radical (unpaired) electrons. The molecule has 1 unspecified atom stereocenters. The van der Waals surface area contributed by atoms with Gasteiger partial charge in [-0.15, -0.1) is 0 Å². The molecule has 0 bridgehead atoms. The number of hydrogen-bond donors (Lipinski definition) is 1. The van der Waals surface area contributed by atoms with Gasteiger partial charge in [0.15, 0.2) is 0 Å². The number of aryl methyl sites for hydroxylation is 1. The summed E-state index contributed by atoms with van der Waals surface area (Å²) in [5.41, 5.74) is 5.72. The van der Waals surface area contributed by atoms with E-state index in [0.717, 1.165) is 41.2 Å². The van der Waals surface area contributed by atoms with Crippen molar-refractivity contribution < 1.29 is 18.7 Å². The minimum absolute atomic E-state index is 0.00235. The molecule has 7 nitrogen and oxygen atoms in total. The molecule has 0 aliphatic carbocycles. The van der Waals surface area contributed by atoms with Gasteiger partial charge in [-0.25, -0.2) is 9.37 Å². The van der Waals surface area contributed by atoms with Crippen LogP contribution in [0.15, 0.2) is 66.7 Å². The highest BCUT2D eigenvalue weighted by Gasteiger charge is 2.28. The molecule has 0 spiro atoms. The van der Waals surface area contributed by atoms with E-state index in [-0.39, 0.29) is 24.2 Å². The maximum Gasteiger partial charge on any atom is 0.315 e. The molecule has 200 valence electrons. The molecule has 0 fully saturated rings. The quantitative estimate of drug-likeness (QED) is 0.225. The lowest BCUT2D eigenvalue weighted by Gasteiger charge is -2.37. The van der Waals surface area contributed by atoms with E-state index in [4.69, 9.17) is 14.5 Å². The molecule has 1 aliphatic heterocycles. The number of methoxy groups -OCH3 is 1. The molecule has 0 saturated carbocycles. The van der Waals surface area contributed by atoms with Gasteiger partial charge >= 0.3 is 5.97 Å². The molecule has 8 heteroatoms. The number of anilines is 3. The number of rotatable bonds is 7. The minimum Gasteiger partial charge on any atom is -0.497 e. The standard InChI is InChI=1S/C31H31FN4O3/c1-19-20(2)33-31(34-25-11-9-24(32)10-12-25)35-30(19)36-15-14-23-8-13-27(18-28(23)21(36)3)39-29(37)17-22-6-5-7-26(16-22)38-4/h5-13,16,18,21H,14-15,17H2,1-4H3,(H,33,34,35). The van der Waals surface area contributed by atoms with Gasteiger partial charge in [0.25, 0.3) is 0 Å². The second-order valence-corrected chi connectivity index (χ2v) is 9.70. The molecule has 2 heterocycles. The van der Waals surface area contributed by atoms with Gasteiger partial charge in [-0.2, -0.15) is 4.98 Å². The highest BCUT2D eigenvalue weighted by atomic mass is 19.1. The van der Waals surface area contributed by atoms with Crippen LogP contribution in [0.25, 0.3) is 0 Å². The van der Waals surface area contributed by atoms with E-state index < -0.39 is 0 Å². The van der Waals surface area contributed by atoms with Crippen LogP contribution in [0, 0.1) is 19.7 Å². The van der Waals surface area contributed by atoms with Crippen LogP contribution < -0.4 is 19.7 Å². The third-order valence-electron chi connectivity index (χ3n) is 7.11. The summed E-state index contributed by atoms with van der Waals surface area (Å²) in [6.45, 7) is 6.89. The lowest BCUT2D eigenvalue weighted by Crippen LogP contribution is -2.35. The predicted octanol–water partition coefficient (Wildman–Crippen LogP) is 6.26. The Morgan fingerprint density at radius 3 is 2.62 bits per heavy atom. The van der Waals surface area contributed by atoms with Gasteiger partial charge in [0.2, 0.25) is 5.95 Å². The normalized spacial score (nSPS) is 14.5. The van der Waals surface area contributed by atoms with Crippen molar-refractivity contribution in [1.29, 1.82) is 0 Å². The summed E-state index contributed by atoms with van der Waals surface area (Å²) in [6, 6.07) is 19.4. The van der Waals surface area contributed by atoms with Crippen LogP contribution in [0.4, 0.5) is 21.8 Å². The summed E-state index contributed by atoms with van der Waals surface area (Å²) < 4.78 is 24.3. The molecule has 0 amide bonds. The first kappa shape index (κ1) is 26.2. The Balaban J connectivity index is 1.35. The number of fused-ring (bicyclic) bond motifs is 1. The first-order valence-electron chi connectivity index (χ1n) is 12.9.